The highest BCUT2D eigenvalue weighted by molar-refractivity contribution is 7.98. The zero-order valence-electron chi connectivity index (χ0n) is 26.0. The Bertz CT molecular complexity index is 1740. The molecule has 0 aliphatic carbocycles. The first-order chi connectivity index (χ1) is 22.0. The Hall–Kier alpha value is -3.50. The quantitative estimate of drug-likeness (QED) is 0.139. The van der Waals surface area contributed by atoms with Gasteiger partial charge in [-0.25, -0.2) is 8.42 Å². The third-order valence-corrected chi connectivity index (χ3v) is 10.5. The van der Waals surface area contributed by atoms with Crippen LogP contribution in [0.15, 0.2) is 107 Å². The molecule has 0 bridgehead atoms. The predicted octanol–water partition coefficient (Wildman–Crippen LogP) is 7.39. The Morgan fingerprint density at radius 3 is 2.20 bits per heavy atom. The minimum atomic E-state index is -4.19. The van der Waals surface area contributed by atoms with E-state index in [2.05, 4.69) is 5.32 Å². The van der Waals surface area contributed by atoms with E-state index in [4.69, 9.17) is 23.2 Å². The van der Waals surface area contributed by atoms with Crippen molar-refractivity contribution in [2.24, 2.45) is 0 Å². The van der Waals surface area contributed by atoms with Crippen LogP contribution in [-0.4, -0.2) is 50.5 Å². The van der Waals surface area contributed by atoms with Crippen molar-refractivity contribution >= 4 is 62.5 Å². The number of halogens is 2. The molecule has 0 fully saturated rings. The van der Waals surface area contributed by atoms with E-state index in [1.165, 1.54) is 28.8 Å². The molecule has 0 aliphatic rings. The number of benzene rings is 4. The topological polar surface area (TPSA) is 86.8 Å². The highest BCUT2D eigenvalue weighted by atomic mass is 35.5. The first kappa shape index (κ1) is 35.4. The minimum absolute atomic E-state index is 0.0455. The number of thioether (sulfide) groups is 1. The van der Waals surface area contributed by atoms with E-state index >= 15 is 0 Å². The zero-order chi connectivity index (χ0) is 33.3. The summed E-state index contributed by atoms with van der Waals surface area (Å²) in [6.45, 7) is 3.67. The number of aryl methyl sites for hydroxylation is 1. The van der Waals surface area contributed by atoms with Crippen molar-refractivity contribution in [1.29, 1.82) is 0 Å². The highest BCUT2D eigenvalue weighted by Gasteiger charge is 2.35. The van der Waals surface area contributed by atoms with Crippen molar-refractivity contribution in [3.05, 3.63) is 124 Å². The van der Waals surface area contributed by atoms with Gasteiger partial charge in [0, 0.05) is 34.5 Å². The summed E-state index contributed by atoms with van der Waals surface area (Å²) in [6, 6.07) is 26.8. The number of carbonyl (C=O) groups excluding carboxylic acids is 2. The highest BCUT2D eigenvalue weighted by Crippen LogP contribution is 2.28. The molecule has 1 atom stereocenters. The number of anilines is 1. The number of sulfonamides is 1. The number of hydrogen-bond acceptors (Lipinski definition) is 5. The lowest BCUT2D eigenvalue weighted by Gasteiger charge is -2.34. The molecule has 1 unspecified atom stereocenters. The lowest BCUT2D eigenvalue weighted by molar-refractivity contribution is -0.140. The van der Waals surface area contributed by atoms with Crippen LogP contribution < -0.4 is 9.62 Å². The van der Waals surface area contributed by atoms with E-state index in [1.54, 1.807) is 54.6 Å². The molecule has 2 amide bonds. The zero-order valence-corrected chi connectivity index (χ0v) is 29.1. The lowest BCUT2D eigenvalue weighted by Crippen LogP contribution is -2.53. The minimum Gasteiger partial charge on any atom is -0.354 e. The third-order valence-electron chi connectivity index (χ3n) is 7.42. The summed E-state index contributed by atoms with van der Waals surface area (Å²) >= 11 is 14.2. The fraction of sp³-hybridized carbons (Fsp3) is 0.257. The van der Waals surface area contributed by atoms with Gasteiger partial charge in [-0.05, 0) is 79.3 Å². The molecule has 0 heterocycles. The van der Waals surface area contributed by atoms with E-state index < -0.39 is 28.5 Å². The van der Waals surface area contributed by atoms with Crippen molar-refractivity contribution < 1.29 is 18.0 Å². The Morgan fingerprint density at radius 2 is 1.59 bits per heavy atom. The molecule has 7 nitrogen and oxygen atoms in total. The van der Waals surface area contributed by atoms with Crippen LogP contribution in [0.5, 0.6) is 0 Å². The van der Waals surface area contributed by atoms with Crippen molar-refractivity contribution in [2.45, 2.75) is 49.1 Å². The van der Waals surface area contributed by atoms with E-state index in [1.807, 2.05) is 50.4 Å². The number of hydrogen-bond donors (Lipinski definition) is 1. The number of rotatable bonds is 14. The van der Waals surface area contributed by atoms with Crippen molar-refractivity contribution in [3.8, 4) is 0 Å². The van der Waals surface area contributed by atoms with Gasteiger partial charge >= 0.3 is 0 Å². The van der Waals surface area contributed by atoms with Gasteiger partial charge in [0.2, 0.25) is 11.8 Å². The van der Waals surface area contributed by atoms with Gasteiger partial charge in [0.05, 0.1) is 10.6 Å². The van der Waals surface area contributed by atoms with Crippen molar-refractivity contribution in [1.82, 2.24) is 10.2 Å². The van der Waals surface area contributed by atoms with Gasteiger partial charge in [0.25, 0.3) is 10.0 Å². The summed E-state index contributed by atoms with van der Waals surface area (Å²) in [4.78, 5) is 30.7. The van der Waals surface area contributed by atoms with E-state index in [9.17, 15) is 18.0 Å². The molecule has 11 heteroatoms. The van der Waals surface area contributed by atoms with E-state index in [-0.39, 0.29) is 23.8 Å². The van der Waals surface area contributed by atoms with Crippen LogP contribution >= 0.6 is 35.0 Å². The van der Waals surface area contributed by atoms with Crippen LogP contribution in [0.25, 0.3) is 0 Å². The Morgan fingerprint density at radius 1 is 0.913 bits per heavy atom. The van der Waals surface area contributed by atoms with Crippen LogP contribution in [0, 0.1) is 6.92 Å². The van der Waals surface area contributed by atoms with Crippen LogP contribution in [0.2, 0.25) is 10.0 Å². The molecule has 4 rings (SSSR count). The molecule has 0 saturated carbocycles. The van der Waals surface area contributed by atoms with Gasteiger partial charge in [0.15, 0.2) is 0 Å². The molecule has 0 spiro atoms. The maximum Gasteiger partial charge on any atom is 0.264 e. The number of amides is 2. The summed E-state index contributed by atoms with van der Waals surface area (Å²) in [6.07, 6.45) is 2.82. The molecular weight excluding hydrogens is 661 g/mol. The Labute approximate surface area is 286 Å². The number of nitrogens with zero attached hydrogens (tertiary/aromatic N) is 2. The van der Waals surface area contributed by atoms with Crippen LogP contribution in [0.4, 0.5) is 5.69 Å². The van der Waals surface area contributed by atoms with Crippen molar-refractivity contribution in [2.75, 3.05) is 23.7 Å². The summed E-state index contributed by atoms with van der Waals surface area (Å²) in [5.74, 6) is -0.912. The molecule has 0 saturated heterocycles. The third kappa shape index (κ3) is 9.06. The van der Waals surface area contributed by atoms with Gasteiger partial charge in [-0.2, -0.15) is 0 Å². The van der Waals surface area contributed by atoms with Crippen molar-refractivity contribution in [3.63, 3.8) is 0 Å². The molecule has 242 valence electrons. The fourth-order valence-electron chi connectivity index (χ4n) is 4.87. The van der Waals surface area contributed by atoms with Gasteiger partial charge in [0.1, 0.15) is 12.6 Å². The smallest absolute Gasteiger partial charge is 0.264 e. The molecule has 1 N–H and O–H groups in total. The average Bonchev–Trinajstić information content (AvgIpc) is 3.05. The second-order valence-electron chi connectivity index (χ2n) is 10.8. The normalized spacial score (nSPS) is 11.9. The summed E-state index contributed by atoms with van der Waals surface area (Å²) in [5.41, 5.74) is 2.67. The van der Waals surface area contributed by atoms with Gasteiger partial charge in [-0.3, -0.25) is 13.9 Å². The van der Waals surface area contributed by atoms with Crippen LogP contribution in [0.3, 0.4) is 0 Å². The first-order valence-electron chi connectivity index (χ1n) is 14.8. The SMILES string of the molecule is CCCNC(=O)C(Cc1ccccc1)N(Cc1ccc(Cl)cc1Cl)C(=O)CN(c1ccc(C)cc1)S(=O)(=O)c1ccc(SC)cc1. The Balaban J connectivity index is 1.81. The Kier molecular flexibility index (Phi) is 12.6. The molecular formula is C35H37Cl2N3O4S2. The lowest BCUT2D eigenvalue weighted by atomic mass is 10.0. The summed E-state index contributed by atoms with van der Waals surface area (Å²) < 4.78 is 29.5. The number of nitrogens with one attached hydrogen (secondary N) is 1. The summed E-state index contributed by atoms with van der Waals surface area (Å²) in [5, 5.41) is 3.69. The predicted molar refractivity (Wildman–Crippen MR) is 188 cm³/mol. The molecule has 0 radical (unpaired) electrons. The molecule has 0 aromatic heterocycles. The monoisotopic (exact) mass is 697 g/mol. The van der Waals surface area contributed by atoms with E-state index in [0.717, 1.165) is 20.3 Å². The van der Waals surface area contributed by atoms with E-state index in [0.29, 0.717) is 34.3 Å². The number of carbonyl (C=O) groups is 2. The molecule has 4 aromatic rings. The fourth-order valence-corrected chi connectivity index (χ4v) is 7.16. The van der Waals surface area contributed by atoms with Crippen LogP contribution in [0.1, 0.15) is 30.0 Å². The van der Waals surface area contributed by atoms with Gasteiger partial charge in [-0.1, -0.05) is 84.2 Å². The standard InChI is InChI=1S/C35H37Cl2N3O4S2/c1-4-20-38-35(42)33(21-26-8-6-5-7-9-26)39(23-27-12-13-28(36)22-32(27)37)34(41)24-40(29-14-10-25(2)11-15-29)46(43,44)31-18-16-30(45-3)17-19-31/h5-19,22,33H,4,20-21,23-24H2,1-3H3,(H,38,42). The van der Waals surface area contributed by atoms with Gasteiger partial charge in [-0.15, -0.1) is 11.8 Å². The van der Waals surface area contributed by atoms with Gasteiger partial charge < -0.3 is 10.2 Å². The summed E-state index contributed by atoms with van der Waals surface area (Å²) in [7, 11) is -4.19. The second-order valence-corrected chi connectivity index (χ2v) is 14.4. The van der Waals surface area contributed by atoms with Crippen LogP contribution in [-0.2, 0) is 32.6 Å². The largest absolute Gasteiger partial charge is 0.354 e. The molecule has 4 aromatic carbocycles. The molecule has 0 aliphatic heterocycles. The molecule has 46 heavy (non-hydrogen) atoms. The maximum absolute atomic E-state index is 14.5. The maximum atomic E-state index is 14.5. The second kappa shape index (κ2) is 16.4. The average molecular weight is 699 g/mol. The first-order valence-corrected chi connectivity index (χ1v) is 18.2.